The summed E-state index contributed by atoms with van der Waals surface area (Å²) in [6.45, 7) is 3.98. The van der Waals surface area contributed by atoms with E-state index in [9.17, 15) is 14.4 Å². The first-order valence-corrected chi connectivity index (χ1v) is 16.6. The van der Waals surface area contributed by atoms with Gasteiger partial charge in [0.05, 0.1) is 18.0 Å². The van der Waals surface area contributed by atoms with Crippen LogP contribution in [0.2, 0.25) is 0 Å². The Kier molecular flexibility index (Phi) is 9.87. The summed E-state index contributed by atoms with van der Waals surface area (Å²) in [5, 5.41) is 8.34. The summed E-state index contributed by atoms with van der Waals surface area (Å²) in [5.41, 5.74) is 4.24. The van der Waals surface area contributed by atoms with Crippen LogP contribution in [0, 0.1) is 0 Å². The highest BCUT2D eigenvalue weighted by atomic mass is 32.1. The lowest BCUT2D eigenvalue weighted by molar-refractivity contribution is -0.132. The number of carbonyl (C=O) groups is 3. The fourth-order valence-electron chi connectivity index (χ4n) is 5.90. The second-order valence-corrected chi connectivity index (χ2v) is 12.3. The van der Waals surface area contributed by atoms with Crippen molar-refractivity contribution in [1.82, 2.24) is 10.2 Å². The van der Waals surface area contributed by atoms with Gasteiger partial charge in [-0.15, -0.1) is 11.3 Å². The molecule has 1 aromatic heterocycles. The van der Waals surface area contributed by atoms with Crippen LogP contribution in [0.1, 0.15) is 51.3 Å². The molecule has 232 valence electrons. The van der Waals surface area contributed by atoms with Crippen LogP contribution in [0.4, 0.5) is 11.4 Å². The molecule has 0 atom stereocenters. The average molecular weight is 623 g/mol. The summed E-state index contributed by atoms with van der Waals surface area (Å²) in [7, 11) is 0. The van der Waals surface area contributed by atoms with Crippen molar-refractivity contribution in [3.8, 4) is 16.9 Å². The molecule has 3 amide bonds. The molecule has 0 spiro atoms. The van der Waals surface area contributed by atoms with Gasteiger partial charge in [0.15, 0.2) is 0 Å². The van der Waals surface area contributed by atoms with Gasteiger partial charge in [-0.05, 0) is 72.5 Å². The van der Waals surface area contributed by atoms with Crippen LogP contribution in [0.3, 0.4) is 0 Å². The van der Waals surface area contributed by atoms with E-state index in [1.165, 1.54) is 4.88 Å². The predicted octanol–water partition coefficient (Wildman–Crippen LogP) is 6.24. The second kappa shape index (κ2) is 14.5. The molecular weight excluding hydrogens is 584 g/mol. The second-order valence-electron chi connectivity index (χ2n) is 11.3. The molecule has 0 unspecified atom stereocenters. The third kappa shape index (κ3) is 7.27. The molecule has 1 fully saturated rings. The SMILES string of the molecule is O=C(Nc1ccc(C(=O)N2CCCCc3sccc32)cc1OCCCC(=O)N1CCNCC1)c1ccccc1-c1ccccc1. The third-order valence-corrected chi connectivity index (χ3v) is 9.26. The highest BCUT2D eigenvalue weighted by Crippen LogP contribution is 2.34. The van der Waals surface area contributed by atoms with Gasteiger partial charge in [-0.1, -0.05) is 48.5 Å². The van der Waals surface area contributed by atoms with Crippen LogP contribution < -0.4 is 20.3 Å². The molecule has 2 N–H and O–H groups in total. The Morgan fingerprint density at radius 3 is 2.53 bits per heavy atom. The highest BCUT2D eigenvalue weighted by molar-refractivity contribution is 7.10. The van der Waals surface area contributed by atoms with Crippen molar-refractivity contribution in [3.05, 3.63) is 100 Å². The van der Waals surface area contributed by atoms with Crippen LogP contribution in [-0.4, -0.2) is 62.0 Å². The molecule has 4 aromatic rings. The van der Waals surface area contributed by atoms with Crippen molar-refractivity contribution in [2.24, 2.45) is 0 Å². The van der Waals surface area contributed by atoms with Crippen LogP contribution in [0.15, 0.2) is 84.2 Å². The van der Waals surface area contributed by atoms with Gasteiger partial charge in [0.25, 0.3) is 11.8 Å². The molecule has 2 aliphatic heterocycles. The van der Waals surface area contributed by atoms with Gasteiger partial charge >= 0.3 is 0 Å². The minimum Gasteiger partial charge on any atom is -0.491 e. The Balaban J connectivity index is 1.23. The van der Waals surface area contributed by atoms with Crippen LogP contribution in [0.25, 0.3) is 11.1 Å². The first-order valence-electron chi connectivity index (χ1n) is 15.7. The van der Waals surface area contributed by atoms with Crippen molar-refractivity contribution in [2.45, 2.75) is 32.1 Å². The van der Waals surface area contributed by atoms with Crippen molar-refractivity contribution in [2.75, 3.05) is 49.5 Å². The molecule has 6 rings (SSSR count). The summed E-state index contributed by atoms with van der Waals surface area (Å²) in [5.74, 6) is 0.148. The van der Waals surface area contributed by atoms with Crippen molar-refractivity contribution >= 4 is 40.4 Å². The summed E-state index contributed by atoms with van der Waals surface area (Å²) < 4.78 is 6.22. The number of nitrogens with zero attached hydrogens (tertiary/aromatic N) is 2. The molecular formula is C36H38N4O4S. The van der Waals surface area contributed by atoms with E-state index in [1.54, 1.807) is 35.6 Å². The Morgan fingerprint density at radius 1 is 0.889 bits per heavy atom. The summed E-state index contributed by atoms with van der Waals surface area (Å²) in [6, 6.07) is 24.5. The number of piperazine rings is 1. The number of aryl methyl sites for hydroxylation is 1. The largest absolute Gasteiger partial charge is 0.491 e. The molecule has 1 saturated heterocycles. The van der Waals surface area contributed by atoms with Crippen LogP contribution in [-0.2, 0) is 11.2 Å². The number of hydrogen-bond donors (Lipinski definition) is 2. The first-order chi connectivity index (χ1) is 22.1. The van der Waals surface area contributed by atoms with Gasteiger partial charge in [0.1, 0.15) is 5.75 Å². The van der Waals surface area contributed by atoms with E-state index in [2.05, 4.69) is 10.6 Å². The van der Waals surface area contributed by atoms with E-state index in [1.807, 2.05) is 69.8 Å². The van der Waals surface area contributed by atoms with Crippen molar-refractivity contribution < 1.29 is 19.1 Å². The maximum Gasteiger partial charge on any atom is 0.258 e. The molecule has 45 heavy (non-hydrogen) atoms. The number of benzene rings is 3. The quantitative estimate of drug-likeness (QED) is 0.216. The molecule has 0 bridgehead atoms. The van der Waals surface area contributed by atoms with Crippen molar-refractivity contribution in [1.29, 1.82) is 0 Å². The number of amides is 3. The lowest BCUT2D eigenvalue weighted by Gasteiger charge is -2.27. The van der Waals surface area contributed by atoms with Gasteiger partial charge in [-0.3, -0.25) is 14.4 Å². The van der Waals surface area contributed by atoms with Gasteiger partial charge in [0, 0.05) is 55.1 Å². The maximum absolute atomic E-state index is 13.8. The number of carbonyl (C=O) groups excluding carboxylic acids is 3. The number of hydrogen-bond acceptors (Lipinski definition) is 6. The molecule has 0 radical (unpaired) electrons. The van der Waals surface area contributed by atoms with E-state index < -0.39 is 0 Å². The smallest absolute Gasteiger partial charge is 0.258 e. The fourth-order valence-corrected chi connectivity index (χ4v) is 6.82. The Bertz CT molecular complexity index is 1650. The summed E-state index contributed by atoms with van der Waals surface area (Å²) >= 11 is 1.69. The topological polar surface area (TPSA) is 91.0 Å². The highest BCUT2D eigenvalue weighted by Gasteiger charge is 2.25. The van der Waals surface area contributed by atoms with Gasteiger partial charge in [-0.2, -0.15) is 0 Å². The van der Waals surface area contributed by atoms with Crippen LogP contribution >= 0.6 is 11.3 Å². The molecule has 0 aliphatic carbocycles. The fraction of sp³-hybridized carbons (Fsp3) is 0.306. The maximum atomic E-state index is 13.8. The van der Waals surface area contributed by atoms with Gasteiger partial charge in [-0.25, -0.2) is 0 Å². The summed E-state index contributed by atoms with van der Waals surface area (Å²) in [6.07, 6.45) is 3.86. The number of nitrogens with one attached hydrogen (secondary N) is 2. The van der Waals surface area contributed by atoms with Crippen LogP contribution in [0.5, 0.6) is 5.75 Å². The van der Waals surface area contributed by atoms with E-state index in [-0.39, 0.29) is 24.3 Å². The molecule has 3 heterocycles. The van der Waals surface area contributed by atoms with Gasteiger partial charge in [0.2, 0.25) is 5.91 Å². The Hall–Kier alpha value is -4.47. The number of fused-ring (bicyclic) bond motifs is 1. The van der Waals surface area contributed by atoms with E-state index >= 15 is 0 Å². The molecule has 8 nitrogen and oxygen atoms in total. The molecule has 9 heteroatoms. The van der Waals surface area contributed by atoms with E-state index in [4.69, 9.17) is 4.74 Å². The zero-order valence-corrected chi connectivity index (χ0v) is 26.1. The number of ether oxygens (including phenoxy) is 1. The van der Waals surface area contributed by atoms with E-state index in [0.29, 0.717) is 55.0 Å². The summed E-state index contributed by atoms with van der Waals surface area (Å²) in [4.78, 5) is 45.2. The van der Waals surface area contributed by atoms with E-state index in [0.717, 1.165) is 49.2 Å². The minimum atomic E-state index is -0.275. The van der Waals surface area contributed by atoms with Gasteiger partial charge < -0.3 is 25.2 Å². The standard InChI is InChI=1S/C36H38N4O4S/c41-34(39-21-18-37-19-22-39)14-8-23-44-32-25-27(36(43)40-20-7-6-13-33-31(40)17-24-45-33)15-16-30(32)38-35(42)29-12-5-4-11-28(29)26-9-2-1-3-10-26/h1-5,9-12,15-17,24-25,37H,6-8,13-14,18-23H2,(H,38,42). The number of thiophene rings is 1. The Morgan fingerprint density at radius 2 is 1.69 bits per heavy atom. The molecule has 0 saturated carbocycles. The normalized spacial score (nSPS) is 14.8. The minimum absolute atomic E-state index is 0.0948. The zero-order chi connectivity index (χ0) is 31.0. The third-order valence-electron chi connectivity index (χ3n) is 8.29. The number of anilines is 2. The lowest BCUT2D eigenvalue weighted by atomic mass is 9.99. The monoisotopic (exact) mass is 622 g/mol. The first kappa shape index (κ1) is 30.6. The number of rotatable bonds is 9. The molecule has 2 aliphatic rings. The Labute approximate surface area is 268 Å². The lowest BCUT2D eigenvalue weighted by Crippen LogP contribution is -2.46. The van der Waals surface area contributed by atoms with Crippen molar-refractivity contribution in [3.63, 3.8) is 0 Å². The predicted molar refractivity (Wildman–Crippen MR) is 179 cm³/mol. The molecule has 3 aromatic carbocycles. The zero-order valence-electron chi connectivity index (χ0n) is 25.3. The average Bonchev–Trinajstić information content (AvgIpc) is 3.46.